The zero-order chi connectivity index (χ0) is 13.4. The van der Waals surface area contributed by atoms with Crippen molar-refractivity contribution in [2.75, 3.05) is 19.0 Å². The Balaban J connectivity index is 2.74. The molecule has 0 aliphatic heterocycles. The van der Waals surface area contributed by atoms with E-state index < -0.39 is 0 Å². The topological polar surface area (TPSA) is 41.5 Å². The van der Waals surface area contributed by atoms with Gasteiger partial charge in [0, 0.05) is 5.69 Å². The van der Waals surface area contributed by atoms with Crippen LogP contribution in [0.5, 0.6) is 5.75 Å². The van der Waals surface area contributed by atoms with Crippen LogP contribution in [0.4, 0.5) is 5.69 Å². The van der Waals surface area contributed by atoms with Gasteiger partial charge in [0.25, 0.3) is 0 Å². The van der Waals surface area contributed by atoms with Gasteiger partial charge in [-0.2, -0.15) is 0 Å². The maximum atomic E-state index is 9.68. The summed E-state index contributed by atoms with van der Waals surface area (Å²) >= 11 is 0. The zero-order valence-corrected chi connectivity index (χ0v) is 11.7. The molecule has 1 aromatic carbocycles. The molecule has 102 valence electrons. The van der Waals surface area contributed by atoms with E-state index in [0.717, 1.165) is 37.1 Å². The molecule has 0 saturated carbocycles. The second-order valence-corrected chi connectivity index (χ2v) is 4.75. The van der Waals surface area contributed by atoms with Crippen LogP contribution in [0.25, 0.3) is 0 Å². The second-order valence-electron chi connectivity index (χ2n) is 4.75. The van der Waals surface area contributed by atoms with Crippen molar-refractivity contribution in [1.82, 2.24) is 0 Å². The van der Waals surface area contributed by atoms with Crippen molar-refractivity contribution in [3.8, 4) is 5.75 Å². The predicted octanol–water partition coefficient (Wildman–Crippen LogP) is 3.44. The molecular formula is C15H25NO2. The summed E-state index contributed by atoms with van der Waals surface area (Å²) in [6, 6.07) is 7.84. The Bertz CT molecular complexity index is 331. The molecule has 1 unspecified atom stereocenters. The van der Waals surface area contributed by atoms with Crippen LogP contribution in [0.1, 0.15) is 39.5 Å². The minimum Gasteiger partial charge on any atom is -0.497 e. The van der Waals surface area contributed by atoms with Gasteiger partial charge in [-0.25, -0.2) is 0 Å². The third-order valence-electron chi connectivity index (χ3n) is 3.49. The van der Waals surface area contributed by atoms with Crippen molar-refractivity contribution in [3.63, 3.8) is 0 Å². The van der Waals surface area contributed by atoms with E-state index in [1.165, 1.54) is 0 Å². The molecule has 1 atom stereocenters. The van der Waals surface area contributed by atoms with Gasteiger partial charge in [-0.1, -0.05) is 26.7 Å². The molecule has 0 fully saturated rings. The van der Waals surface area contributed by atoms with E-state index in [0.29, 0.717) is 0 Å². The Hall–Kier alpha value is -1.22. The van der Waals surface area contributed by atoms with Gasteiger partial charge in [-0.15, -0.1) is 0 Å². The van der Waals surface area contributed by atoms with E-state index in [2.05, 4.69) is 19.2 Å². The predicted molar refractivity (Wildman–Crippen MR) is 76.2 cm³/mol. The number of rotatable bonds is 8. The zero-order valence-electron chi connectivity index (χ0n) is 11.7. The highest BCUT2D eigenvalue weighted by atomic mass is 16.5. The Morgan fingerprint density at radius 3 is 2.33 bits per heavy atom. The lowest BCUT2D eigenvalue weighted by atomic mass is 9.90. The Labute approximate surface area is 110 Å². The van der Waals surface area contributed by atoms with Gasteiger partial charge in [0.2, 0.25) is 0 Å². The molecule has 0 spiro atoms. The van der Waals surface area contributed by atoms with Gasteiger partial charge >= 0.3 is 0 Å². The minimum absolute atomic E-state index is 0.162. The Morgan fingerprint density at radius 1 is 1.22 bits per heavy atom. The average molecular weight is 251 g/mol. The number of aliphatic hydroxyl groups is 1. The van der Waals surface area contributed by atoms with Crippen LogP contribution in [0.3, 0.4) is 0 Å². The molecule has 18 heavy (non-hydrogen) atoms. The second kappa shape index (κ2) is 7.27. The molecule has 0 aromatic heterocycles. The maximum Gasteiger partial charge on any atom is 0.119 e. The summed E-state index contributed by atoms with van der Waals surface area (Å²) in [7, 11) is 1.66. The molecule has 3 nitrogen and oxygen atoms in total. The highest BCUT2D eigenvalue weighted by Crippen LogP contribution is 2.25. The van der Waals surface area contributed by atoms with E-state index in [1.807, 2.05) is 24.3 Å². The third-order valence-corrected chi connectivity index (χ3v) is 3.49. The molecule has 0 heterocycles. The van der Waals surface area contributed by atoms with Gasteiger partial charge in [0.15, 0.2) is 0 Å². The SMILES string of the molecule is CCCCC(CC)(CO)Nc1ccc(OC)cc1. The smallest absolute Gasteiger partial charge is 0.119 e. The van der Waals surface area contributed by atoms with E-state index >= 15 is 0 Å². The van der Waals surface area contributed by atoms with Crippen molar-refractivity contribution in [2.24, 2.45) is 0 Å². The van der Waals surface area contributed by atoms with E-state index in [-0.39, 0.29) is 12.1 Å². The van der Waals surface area contributed by atoms with Crippen LogP contribution in [-0.4, -0.2) is 24.4 Å². The molecule has 0 radical (unpaired) electrons. The van der Waals surface area contributed by atoms with Gasteiger partial charge in [-0.05, 0) is 37.1 Å². The summed E-state index contributed by atoms with van der Waals surface area (Å²) in [5, 5.41) is 13.2. The molecule has 0 saturated heterocycles. The molecule has 0 bridgehead atoms. The summed E-state index contributed by atoms with van der Waals surface area (Å²) in [4.78, 5) is 0. The van der Waals surface area contributed by atoms with Crippen molar-refractivity contribution >= 4 is 5.69 Å². The van der Waals surface area contributed by atoms with Gasteiger partial charge < -0.3 is 15.2 Å². The average Bonchev–Trinajstić information content (AvgIpc) is 2.44. The number of hydrogen-bond donors (Lipinski definition) is 2. The molecular weight excluding hydrogens is 226 g/mol. The number of unbranched alkanes of at least 4 members (excludes halogenated alkanes) is 1. The van der Waals surface area contributed by atoms with Crippen molar-refractivity contribution in [3.05, 3.63) is 24.3 Å². The lowest BCUT2D eigenvalue weighted by Crippen LogP contribution is -2.41. The summed E-state index contributed by atoms with van der Waals surface area (Å²) in [6.45, 7) is 4.45. The first-order valence-corrected chi connectivity index (χ1v) is 6.72. The number of anilines is 1. The number of methoxy groups -OCH3 is 1. The van der Waals surface area contributed by atoms with Crippen LogP contribution in [0.15, 0.2) is 24.3 Å². The first kappa shape index (κ1) is 14.8. The largest absolute Gasteiger partial charge is 0.497 e. The van der Waals surface area contributed by atoms with Crippen LogP contribution in [0.2, 0.25) is 0 Å². The Kier molecular flexibility index (Phi) is 5.99. The summed E-state index contributed by atoms with van der Waals surface area (Å²) in [5.41, 5.74) is 0.827. The molecule has 1 aromatic rings. The number of ether oxygens (including phenoxy) is 1. The molecule has 0 amide bonds. The fourth-order valence-corrected chi connectivity index (χ4v) is 2.05. The van der Waals surface area contributed by atoms with Crippen molar-refractivity contribution in [2.45, 2.75) is 45.1 Å². The third kappa shape index (κ3) is 3.91. The monoisotopic (exact) mass is 251 g/mol. The van der Waals surface area contributed by atoms with Gasteiger partial charge in [0.05, 0.1) is 19.3 Å². The van der Waals surface area contributed by atoms with E-state index in [4.69, 9.17) is 4.74 Å². The van der Waals surface area contributed by atoms with Crippen molar-refractivity contribution in [1.29, 1.82) is 0 Å². The number of hydrogen-bond acceptors (Lipinski definition) is 3. The molecule has 2 N–H and O–H groups in total. The summed E-state index contributed by atoms with van der Waals surface area (Å²) in [5.74, 6) is 0.847. The summed E-state index contributed by atoms with van der Waals surface area (Å²) in [6.07, 6.45) is 4.17. The normalized spacial score (nSPS) is 14.0. The minimum atomic E-state index is -0.204. The quantitative estimate of drug-likeness (QED) is 0.743. The van der Waals surface area contributed by atoms with Crippen LogP contribution >= 0.6 is 0 Å². The first-order chi connectivity index (χ1) is 8.69. The number of aliphatic hydroxyl groups excluding tert-OH is 1. The Morgan fingerprint density at radius 2 is 1.89 bits per heavy atom. The standard InChI is InChI=1S/C15H25NO2/c1-4-6-11-15(5-2,12-17)16-13-7-9-14(18-3)10-8-13/h7-10,16-17H,4-6,11-12H2,1-3H3. The lowest BCUT2D eigenvalue weighted by Gasteiger charge is -2.33. The fraction of sp³-hybridized carbons (Fsp3) is 0.600. The van der Waals surface area contributed by atoms with Crippen LogP contribution in [-0.2, 0) is 0 Å². The van der Waals surface area contributed by atoms with E-state index in [9.17, 15) is 5.11 Å². The molecule has 1 rings (SSSR count). The highest BCUT2D eigenvalue weighted by molar-refractivity contribution is 5.48. The summed E-state index contributed by atoms with van der Waals surface area (Å²) < 4.78 is 5.14. The molecule has 0 aliphatic carbocycles. The number of benzene rings is 1. The first-order valence-electron chi connectivity index (χ1n) is 6.72. The van der Waals surface area contributed by atoms with Crippen molar-refractivity contribution < 1.29 is 9.84 Å². The molecule has 0 aliphatic rings. The maximum absolute atomic E-state index is 9.68. The number of nitrogens with one attached hydrogen (secondary N) is 1. The van der Waals surface area contributed by atoms with Crippen LogP contribution < -0.4 is 10.1 Å². The molecule has 3 heteroatoms. The highest BCUT2D eigenvalue weighted by Gasteiger charge is 2.26. The van der Waals surface area contributed by atoms with Crippen LogP contribution in [0, 0.1) is 0 Å². The van der Waals surface area contributed by atoms with E-state index in [1.54, 1.807) is 7.11 Å². The lowest BCUT2D eigenvalue weighted by molar-refractivity contribution is 0.195. The van der Waals surface area contributed by atoms with Gasteiger partial charge in [-0.3, -0.25) is 0 Å². The van der Waals surface area contributed by atoms with Gasteiger partial charge in [0.1, 0.15) is 5.75 Å². The fourth-order valence-electron chi connectivity index (χ4n) is 2.05.